The van der Waals surface area contributed by atoms with Gasteiger partial charge in [-0.3, -0.25) is 4.98 Å². The minimum Gasteiger partial charge on any atom is -0.449 e. The van der Waals surface area contributed by atoms with E-state index in [1.807, 2.05) is 12.1 Å². The molecule has 0 bridgehead atoms. The van der Waals surface area contributed by atoms with Crippen molar-refractivity contribution in [3.8, 4) is 22.1 Å². The molecule has 98 valence electrons. The number of hydrogen-bond donors (Lipinski definition) is 0. The van der Waals surface area contributed by atoms with E-state index in [0.717, 1.165) is 10.6 Å². The SMILES string of the molecule is Cc1nc(-c2nn3c(-c4ccncc4)nnc3s2)co1. The number of pyridine rings is 1. The van der Waals surface area contributed by atoms with E-state index in [-0.39, 0.29) is 0 Å². The van der Waals surface area contributed by atoms with Gasteiger partial charge in [0.2, 0.25) is 4.96 Å². The Kier molecular flexibility index (Phi) is 2.36. The Bertz CT molecular complexity index is 878. The third-order valence-corrected chi connectivity index (χ3v) is 3.69. The van der Waals surface area contributed by atoms with E-state index >= 15 is 0 Å². The van der Waals surface area contributed by atoms with Crippen molar-refractivity contribution in [3.05, 3.63) is 36.7 Å². The maximum atomic E-state index is 5.21. The maximum Gasteiger partial charge on any atom is 0.235 e. The molecule has 4 heterocycles. The first-order valence-electron chi connectivity index (χ1n) is 5.86. The fourth-order valence-corrected chi connectivity index (χ4v) is 2.65. The van der Waals surface area contributed by atoms with Crippen LogP contribution in [0, 0.1) is 6.92 Å². The van der Waals surface area contributed by atoms with Crippen LogP contribution in [0.1, 0.15) is 5.89 Å². The summed E-state index contributed by atoms with van der Waals surface area (Å²) in [6.07, 6.45) is 5.02. The van der Waals surface area contributed by atoms with Gasteiger partial charge in [0.1, 0.15) is 12.0 Å². The lowest BCUT2D eigenvalue weighted by atomic mass is 10.2. The van der Waals surface area contributed by atoms with Gasteiger partial charge in [-0.25, -0.2) is 4.98 Å². The molecule has 0 saturated heterocycles. The van der Waals surface area contributed by atoms with Crippen molar-refractivity contribution in [2.75, 3.05) is 0 Å². The topological polar surface area (TPSA) is 82.0 Å². The summed E-state index contributed by atoms with van der Waals surface area (Å²) >= 11 is 1.42. The van der Waals surface area contributed by atoms with E-state index in [0.29, 0.717) is 22.4 Å². The lowest BCUT2D eigenvalue weighted by Gasteiger charge is -1.94. The van der Waals surface area contributed by atoms with Crippen LogP contribution in [0.2, 0.25) is 0 Å². The Hall–Kier alpha value is -2.61. The van der Waals surface area contributed by atoms with E-state index in [2.05, 4.69) is 25.3 Å². The Labute approximate surface area is 116 Å². The smallest absolute Gasteiger partial charge is 0.235 e. The zero-order valence-electron chi connectivity index (χ0n) is 10.4. The molecule has 0 N–H and O–H groups in total. The second-order valence-corrected chi connectivity index (χ2v) is 5.07. The number of nitrogens with zero attached hydrogens (tertiary/aromatic N) is 6. The molecule has 20 heavy (non-hydrogen) atoms. The second kappa shape index (κ2) is 4.20. The third kappa shape index (κ3) is 1.69. The number of aromatic nitrogens is 6. The average molecular weight is 284 g/mol. The highest BCUT2D eigenvalue weighted by molar-refractivity contribution is 7.19. The summed E-state index contributed by atoms with van der Waals surface area (Å²) in [7, 11) is 0. The summed E-state index contributed by atoms with van der Waals surface area (Å²) < 4.78 is 6.92. The number of fused-ring (bicyclic) bond motifs is 1. The molecule has 0 aromatic carbocycles. The summed E-state index contributed by atoms with van der Waals surface area (Å²) in [4.78, 5) is 8.98. The lowest BCUT2D eigenvalue weighted by molar-refractivity contribution is 0.521. The van der Waals surface area contributed by atoms with Crippen LogP contribution in [0.4, 0.5) is 0 Å². The van der Waals surface area contributed by atoms with Crippen LogP contribution in [0.5, 0.6) is 0 Å². The molecule has 0 aliphatic rings. The van der Waals surface area contributed by atoms with Crippen molar-refractivity contribution in [1.29, 1.82) is 0 Å². The molecular weight excluding hydrogens is 276 g/mol. The second-order valence-electron chi connectivity index (χ2n) is 4.11. The van der Waals surface area contributed by atoms with Gasteiger partial charge in [-0.1, -0.05) is 11.3 Å². The molecule has 0 radical (unpaired) electrons. The summed E-state index contributed by atoms with van der Waals surface area (Å²) in [5.74, 6) is 1.30. The van der Waals surface area contributed by atoms with Crippen molar-refractivity contribution in [1.82, 2.24) is 29.8 Å². The average Bonchev–Trinajstić information content (AvgIpc) is 3.13. The standard InChI is InChI=1S/C12H8N6OS/c1-7-14-9(6-19-7)11-17-18-10(15-16-12(18)20-11)8-2-4-13-5-3-8/h2-6H,1H3. The highest BCUT2D eigenvalue weighted by atomic mass is 32.1. The van der Waals surface area contributed by atoms with Gasteiger partial charge >= 0.3 is 0 Å². The molecule has 0 unspecified atom stereocenters. The van der Waals surface area contributed by atoms with Gasteiger partial charge in [0.25, 0.3) is 0 Å². The molecule has 4 aromatic rings. The molecular formula is C12H8N6OS. The molecule has 8 heteroatoms. The van der Waals surface area contributed by atoms with Gasteiger partial charge in [0, 0.05) is 24.9 Å². The van der Waals surface area contributed by atoms with Crippen LogP contribution < -0.4 is 0 Å². The Morgan fingerprint density at radius 3 is 2.80 bits per heavy atom. The van der Waals surface area contributed by atoms with Gasteiger partial charge in [-0.2, -0.15) is 9.61 Å². The molecule has 7 nitrogen and oxygen atoms in total. The first-order chi connectivity index (χ1) is 9.81. The zero-order chi connectivity index (χ0) is 13.5. The van der Waals surface area contributed by atoms with Crippen LogP contribution >= 0.6 is 11.3 Å². The van der Waals surface area contributed by atoms with Crippen molar-refractivity contribution >= 4 is 16.3 Å². The predicted molar refractivity (Wildman–Crippen MR) is 72.1 cm³/mol. The number of hydrogen-bond acceptors (Lipinski definition) is 7. The van der Waals surface area contributed by atoms with Crippen LogP contribution in [-0.2, 0) is 0 Å². The molecule has 4 rings (SSSR count). The molecule has 0 amide bonds. The minimum atomic E-state index is 0.611. The molecule has 0 saturated carbocycles. The van der Waals surface area contributed by atoms with Gasteiger partial charge in [-0.15, -0.1) is 10.2 Å². The van der Waals surface area contributed by atoms with E-state index in [1.165, 1.54) is 11.3 Å². The summed E-state index contributed by atoms with van der Waals surface area (Å²) in [6, 6.07) is 3.74. The number of rotatable bonds is 2. The van der Waals surface area contributed by atoms with Crippen molar-refractivity contribution in [3.63, 3.8) is 0 Å². The highest BCUT2D eigenvalue weighted by Crippen LogP contribution is 2.27. The molecule has 0 atom stereocenters. The van der Waals surface area contributed by atoms with Gasteiger partial charge in [0.15, 0.2) is 16.7 Å². The highest BCUT2D eigenvalue weighted by Gasteiger charge is 2.16. The van der Waals surface area contributed by atoms with Crippen LogP contribution in [0.15, 0.2) is 35.2 Å². The van der Waals surface area contributed by atoms with Crippen molar-refractivity contribution in [2.24, 2.45) is 0 Å². The Balaban J connectivity index is 1.87. The van der Waals surface area contributed by atoms with E-state index < -0.39 is 0 Å². The molecule has 0 aliphatic carbocycles. The number of oxazole rings is 1. The summed E-state index contributed by atoms with van der Waals surface area (Å²) in [5.41, 5.74) is 1.62. The fourth-order valence-electron chi connectivity index (χ4n) is 1.86. The molecule has 0 aliphatic heterocycles. The number of aryl methyl sites for hydroxylation is 1. The van der Waals surface area contributed by atoms with Gasteiger partial charge in [-0.05, 0) is 12.1 Å². The fraction of sp³-hybridized carbons (Fsp3) is 0.0833. The normalized spacial score (nSPS) is 11.2. The van der Waals surface area contributed by atoms with E-state index in [1.54, 1.807) is 30.1 Å². The van der Waals surface area contributed by atoms with E-state index in [4.69, 9.17) is 4.42 Å². The Morgan fingerprint density at radius 1 is 1.20 bits per heavy atom. The molecule has 0 spiro atoms. The van der Waals surface area contributed by atoms with Crippen molar-refractivity contribution in [2.45, 2.75) is 6.92 Å². The van der Waals surface area contributed by atoms with E-state index in [9.17, 15) is 0 Å². The predicted octanol–water partition coefficient (Wildman–Crippen LogP) is 2.21. The summed E-state index contributed by atoms with van der Waals surface area (Å²) in [6.45, 7) is 1.80. The first-order valence-corrected chi connectivity index (χ1v) is 6.68. The largest absolute Gasteiger partial charge is 0.449 e. The molecule has 4 aromatic heterocycles. The lowest BCUT2D eigenvalue weighted by Crippen LogP contribution is -1.91. The van der Waals surface area contributed by atoms with Gasteiger partial charge in [0.05, 0.1) is 0 Å². The monoisotopic (exact) mass is 284 g/mol. The maximum absolute atomic E-state index is 5.21. The molecule has 0 fully saturated rings. The van der Waals surface area contributed by atoms with Crippen molar-refractivity contribution < 1.29 is 4.42 Å². The first kappa shape index (κ1) is 11.2. The minimum absolute atomic E-state index is 0.611. The zero-order valence-corrected chi connectivity index (χ0v) is 11.2. The quantitative estimate of drug-likeness (QED) is 0.561. The summed E-state index contributed by atoms with van der Waals surface area (Å²) in [5, 5.41) is 13.5. The van der Waals surface area contributed by atoms with Crippen LogP contribution in [0.25, 0.3) is 27.1 Å². The van der Waals surface area contributed by atoms with Crippen LogP contribution in [-0.4, -0.2) is 29.8 Å². The Morgan fingerprint density at radius 2 is 2.05 bits per heavy atom. The van der Waals surface area contributed by atoms with Crippen LogP contribution in [0.3, 0.4) is 0 Å². The third-order valence-electron chi connectivity index (χ3n) is 2.77. The van der Waals surface area contributed by atoms with Gasteiger partial charge < -0.3 is 4.42 Å².